The number of dihydropyridines is 1. The Hall–Kier alpha value is -3.22. The van der Waals surface area contributed by atoms with E-state index in [0.29, 0.717) is 28.2 Å². The highest BCUT2D eigenvalue weighted by atomic mass is 16.6. The van der Waals surface area contributed by atoms with Gasteiger partial charge in [0.05, 0.1) is 35.5 Å². The largest absolute Gasteiger partial charge is 0.460 e. The van der Waals surface area contributed by atoms with E-state index >= 15 is 0 Å². The Kier molecular flexibility index (Phi) is 8.09. The number of hydrogen-bond donors (Lipinski definition) is 1. The number of methoxy groups -OCH3 is 1. The first kappa shape index (κ1) is 23.1. The predicted molar refractivity (Wildman–Crippen MR) is 110 cm³/mol. The second-order valence-corrected chi connectivity index (χ2v) is 7.02. The van der Waals surface area contributed by atoms with E-state index in [1.54, 1.807) is 52.0 Å². The van der Waals surface area contributed by atoms with Gasteiger partial charge in [-0.3, -0.25) is 0 Å². The van der Waals surface area contributed by atoms with Gasteiger partial charge in [-0.05, 0) is 45.4 Å². The lowest BCUT2D eigenvalue weighted by atomic mass is 9.80. The SMILES string of the molecule is COCCOC(=O)C1=C(C)NC(C)=C(C(=O)OC(C)C)C1c1cccc(N=C=O)c1. The van der Waals surface area contributed by atoms with Crippen LogP contribution in [0.15, 0.2) is 51.8 Å². The van der Waals surface area contributed by atoms with Crippen LogP contribution >= 0.6 is 0 Å². The van der Waals surface area contributed by atoms with E-state index < -0.39 is 17.9 Å². The predicted octanol–water partition coefficient (Wildman–Crippen LogP) is 3.03. The summed E-state index contributed by atoms with van der Waals surface area (Å²) in [5.41, 5.74) is 2.66. The lowest BCUT2D eigenvalue weighted by molar-refractivity contribution is -0.143. The molecular weight excluding hydrogens is 388 g/mol. The Morgan fingerprint density at radius 2 is 1.80 bits per heavy atom. The van der Waals surface area contributed by atoms with Gasteiger partial charge in [-0.15, -0.1) is 0 Å². The van der Waals surface area contributed by atoms with Crippen LogP contribution in [0.5, 0.6) is 0 Å². The van der Waals surface area contributed by atoms with Crippen LogP contribution < -0.4 is 5.32 Å². The van der Waals surface area contributed by atoms with E-state index in [4.69, 9.17) is 14.2 Å². The Morgan fingerprint density at radius 3 is 2.40 bits per heavy atom. The molecule has 0 spiro atoms. The average Bonchev–Trinajstić information content (AvgIpc) is 2.67. The van der Waals surface area contributed by atoms with Crippen LogP contribution in [0.25, 0.3) is 0 Å². The number of hydrogen-bond acceptors (Lipinski definition) is 8. The molecule has 2 rings (SSSR count). The maximum Gasteiger partial charge on any atom is 0.337 e. The maximum absolute atomic E-state index is 12.9. The number of allylic oxidation sites excluding steroid dienone is 2. The Labute approximate surface area is 175 Å². The van der Waals surface area contributed by atoms with Gasteiger partial charge >= 0.3 is 11.9 Å². The molecule has 1 aliphatic rings. The molecule has 0 aliphatic carbocycles. The number of ether oxygens (including phenoxy) is 3. The lowest BCUT2D eigenvalue weighted by Gasteiger charge is -2.31. The van der Waals surface area contributed by atoms with Gasteiger partial charge in [-0.25, -0.2) is 14.4 Å². The number of carbonyl (C=O) groups is 2. The molecule has 30 heavy (non-hydrogen) atoms. The smallest absolute Gasteiger partial charge is 0.337 e. The minimum Gasteiger partial charge on any atom is -0.460 e. The van der Waals surface area contributed by atoms with Crippen LogP contribution in [0.1, 0.15) is 39.2 Å². The van der Waals surface area contributed by atoms with Crippen LogP contribution in [0.4, 0.5) is 5.69 Å². The highest BCUT2D eigenvalue weighted by Gasteiger charge is 2.38. The van der Waals surface area contributed by atoms with E-state index in [2.05, 4.69) is 10.3 Å². The van der Waals surface area contributed by atoms with E-state index in [9.17, 15) is 14.4 Å². The van der Waals surface area contributed by atoms with E-state index in [1.165, 1.54) is 13.2 Å². The summed E-state index contributed by atoms with van der Waals surface area (Å²) in [6, 6.07) is 6.71. The summed E-state index contributed by atoms with van der Waals surface area (Å²) in [5.74, 6) is -1.87. The van der Waals surface area contributed by atoms with E-state index in [-0.39, 0.29) is 24.9 Å². The zero-order valence-electron chi connectivity index (χ0n) is 17.8. The summed E-state index contributed by atoms with van der Waals surface area (Å²) in [6.07, 6.45) is 1.16. The molecule has 0 radical (unpaired) electrons. The lowest BCUT2D eigenvalue weighted by Crippen LogP contribution is -2.33. The Balaban J connectivity index is 2.60. The standard InChI is InChI=1S/C22H26N2O6/c1-13(2)30-22(27)19-15(4)24-14(3)18(21(26)29-10-9-28-5)20(19)16-7-6-8-17(11-16)23-12-25/h6-8,11,13,20,24H,9-10H2,1-5H3. The van der Waals surface area contributed by atoms with Crippen molar-refractivity contribution in [2.75, 3.05) is 20.3 Å². The van der Waals surface area contributed by atoms with Crippen LogP contribution in [-0.4, -0.2) is 44.4 Å². The summed E-state index contributed by atoms with van der Waals surface area (Å²) in [5, 5.41) is 3.08. The van der Waals surface area contributed by atoms with Crippen LogP contribution in [-0.2, 0) is 28.6 Å². The molecule has 160 valence electrons. The van der Waals surface area contributed by atoms with Gasteiger partial charge < -0.3 is 19.5 Å². The Bertz CT molecular complexity index is 925. The molecule has 0 amide bonds. The molecule has 8 heteroatoms. The molecule has 1 unspecified atom stereocenters. The fourth-order valence-corrected chi connectivity index (χ4v) is 3.27. The molecule has 8 nitrogen and oxygen atoms in total. The zero-order chi connectivity index (χ0) is 22.3. The summed E-state index contributed by atoms with van der Waals surface area (Å²) in [7, 11) is 1.51. The van der Waals surface area contributed by atoms with Crippen molar-refractivity contribution in [1.82, 2.24) is 5.32 Å². The summed E-state index contributed by atoms with van der Waals surface area (Å²) in [4.78, 5) is 40.2. The minimum absolute atomic E-state index is 0.0722. The summed E-state index contributed by atoms with van der Waals surface area (Å²) in [6.45, 7) is 7.30. The van der Waals surface area contributed by atoms with Crippen LogP contribution in [0.2, 0.25) is 0 Å². The van der Waals surface area contributed by atoms with Crippen molar-refractivity contribution in [3.63, 3.8) is 0 Å². The van der Waals surface area contributed by atoms with Gasteiger partial charge in [0.1, 0.15) is 6.61 Å². The molecule has 1 heterocycles. The monoisotopic (exact) mass is 414 g/mol. The first-order chi connectivity index (χ1) is 14.3. The van der Waals surface area contributed by atoms with Gasteiger partial charge in [0.15, 0.2) is 0 Å². The van der Waals surface area contributed by atoms with Gasteiger partial charge in [0, 0.05) is 18.5 Å². The van der Waals surface area contributed by atoms with Gasteiger partial charge in [0.2, 0.25) is 6.08 Å². The van der Waals surface area contributed by atoms with Crippen molar-refractivity contribution >= 4 is 23.7 Å². The van der Waals surface area contributed by atoms with Crippen molar-refractivity contribution in [3.8, 4) is 0 Å². The van der Waals surface area contributed by atoms with Crippen molar-refractivity contribution in [2.24, 2.45) is 4.99 Å². The average molecular weight is 414 g/mol. The molecule has 1 aromatic rings. The normalized spacial score (nSPS) is 16.1. The second-order valence-electron chi connectivity index (χ2n) is 7.02. The number of carbonyl (C=O) groups excluding carboxylic acids is 3. The van der Waals surface area contributed by atoms with Crippen molar-refractivity contribution in [3.05, 3.63) is 52.4 Å². The van der Waals surface area contributed by atoms with Gasteiger partial charge in [-0.1, -0.05) is 12.1 Å². The molecule has 0 fully saturated rings. The zero-order valence-corrected chi connectivity index (χ0v) is 17.8. The van der Waals surface area contributed by atoms with Crippen molar-refractivity contribution in [2.45, 2.75) is 39.7 Å². The van der Waals surface area contributed by atoms with Crippen LogP contribution in [0.3, 0.4) is 0 Å². The first-order valence-corrected chi connectivity index (χ1v) is 9.53. The minimum atomic E-state index is -0.755. The Morgan fingerprint density at radius 1 is 1.13 bits per heavy atom. The van der Waals surface area contributed by atoms with E-state index in [1.807, 2.05) is 0 Å². The third-order valence-corrected chi connectivity index (χ3v) is 4.44. The maximum atomic E-state index is 12.9. The number of nitrogens with one attached hydrogen (secondary N) is 1. The van der Waals surface area contributed by atoms with Crippen LogP contribution in [0, 0.1) is 0 Å². The number of rotatable bonds is 8. The molecule has 0 bridgehead atoms. The highest BCUT2D eigenvalue weighted by molar-refractivity contribution is 6.00. The van der Waals surface area contributed by atoms with Gasteiger partial charge in [0.25, 0.3) is 0 Å². The molecular formula is C22H26N2O6. The second kappa shape index (κ2) is 10.5. The third kappa shape index (κ3) is 5.43. The fourth-order valence-electron chi connectivity index (χ4n) is 3.27. The van der Waals surface area contributed by atoms with Crippen molar-refractivity contribution in [1.29, 1.82) is 0 Å². The summed E-state index contributed by atoms with van der Waals surface area (Å²) >= 11 is 0. The summed E-state index contributed by atoms with van der Waals surface area (Å²) < 4.78 is 15.7. The van der Waals surface area contributed by atoms with E-state index in [0.717, 1.165) is 0 Å². The van der Waals surface area contributed by atoms with Gasteiger partial charge in [-0.2, -0.15) is 4.99 Å². The number of nitrogens with zero attached hydrogens (tertiary/aromatic N) is 1. The highest BCUT2D eigenvalue weighted by Crippen LogP contribution is 2.40. The topological polar surface area (TPSA) is 103 Å². The molecule has 1 N–H and O–H groups in total. The molecule has 1 atom stereocenters. The number of isocyanates is 1. The number of benzene rings is 1. The quantitative estimate of drug-likeness (QED) is 0.302. The number of aliphatic imine (C=N–C) groups is 1. The molecule has 1 aromatic carbocycles. The molecule has 0 saturated carbocycles. The number of esters is 2. The molecule has 0 aromatic heterocycles. The third-order valence-electron chi connectivity index (χ3n) is 4.44. The molecule has 1 aliphatic heterocycles. The molecule has 0 saturated heterocycles. The first-order valence-electron chi connectivity index (χ1n) is 9.53. The van der Waals surface area contributed by atoms with Crippen molar-refractivity contribution < 1.29 is 28.6 Å². The fraction of sp³-hybridized carbons (Fsp3) is 0.409.